The van der Waals surface area contributed by atoms with Crippen molar-refractivity contribution in [3.63, 3.8) is 0 Å². The minimum absolute atomic E-state index is 0.214. The molecule has 1 aromatic heterocycles. The molecule has 0 saturated carbocycles. The molecule has 1 aliphatic heterocycles. The average Bonchev–Trinajstić information content (AvgIpc) is 2.96. The highest BCUT2D eigenvalue weighted by Gasteiger charge is 2.31. The van der Waals surface area contributed by atoms with Crippen LogP contribution in [0.2, 0.25) is 0 Å². The van der Waals surface area contributed by atoms with Gasteiger partial charge in [0.2, 0.25) is 5.76 Å². The Bertz CT molecular complexity index is 458. The molecule has 2 heterocycles. The second-order valence-electron chi connectivity index (χ2n) is 5.49. The highest BCUT2D eigenvalue weighted by molar-refractivity contribution is 5.86. The second-order valence-corrected chi connectivity index (χ2v) is 5.49. The Morgan fingerprint density at radius 1 is 1.55 bits per heavy atom. The number of hydrogen-bond donors (Lipinski definition) is 1. The fraction of sp³-hybridized carbons (Fsp3) is 0.643. The van der Waals surface area contributed by atoms with E-state index in [1.807, 2.05) is 14.1 Å². The van der Waals surface area contributed by atoms with Gasteiger partial charge >= 0.3 is 5.97 Å². The smallest absolute Gasteiger partial charge is 0.373 e. The molecule has 2 rings (SSSR count). The molecule has 1 saturated heterocycles. The van der Waals surface area contributed by atoms with Crippen LogP contribution in [0.25, 0.3) is 0 Å². The molecule has 0 radical (unpaired) electrons. The van der Waals surface area contributed by atoms with Gasteiger partial charge < -0.3 is 19.2 Å². The van der Waals surface area contributed by atoms with Crippen LogP contribution in [0, 0.1) is 0 Å². The third kappa shape index (κ3) is 3.59. The zero-order valence-corrected chi connectivity index (χ0v) is 12.2. The maximum absolute atomic E-state index is 11.3. The minimum atomic E-state index is -0.470. The van der Waals surface area contributed by atoms with Gasteiger partial charge in [0.25, 0.3) is 0 Å². The minimum Gasteiger partial charge on any atom is -0.463 e. The number of furan rings is 1. The lowest BCUT2D eigenvalue weighted by Gasteiger charge is -2.25. The van der Waals surface area contributed by atoms with Crippen LogP contribution < -0.4 is 0 Å². The number of β-amino-alcohol motifs (C(OH)–C–C–N with tert-alkyl or cyclic N) is 1. The third-order valence-electron chi connectivity index (χ3n) is 3.49. The lowest BCUT2D eigenvalue weighted by Crippen LogP contribution is -2.37. The van der Waals surface area contributed by atoms with Gasteiger partial charge in [-0.3, -0.25) is 4.90 Å². The summed E-state index contributed by atoms with van der Waals surface area (Å²) in [6.45, 7) is 2.11. The van der Waals surface area contributed by atoms with E-state index in [2.05, 4.69) is 14.5 Å². The van der Waals surface area contributed by atoms with E-state index in [1.165, 1.54) is 7.11 Å². The number of likely N-dealkylation sites (tertiary alicyclic amines) is 1. The summed E-state index contributed by atoms with van der Waals surface area (Å²) < 4.78 is 10.1. The van der Waals surface area contributed by atoms with Crippen LogP contribution >= 0.6 is 0 Å². The Kier molecular flexibility index (Phi) is 4.80. The fourth-order valence-corrected chi connectivity index (χ4v) is 2.64. The van der Waals surface area contributed by atoms with Crippen LogP contribution in [0.1, 0.15) is 22.7 Å². The van der Waals surface area contributed by atoms with E-state index < -0.39 is 5.97 Å². The molecule has 0 amide bonds. The molecule has 112 valence electrons. The highest BCUT2D eigenvalue weighted by Crippen LogP contribution is 2.22. The van der Waals surface area contributed by atoms with Crippen LogP contribution in [0.5, 0.6) is 0 Å². The van der Waals surface area contributed by atoms with E-state index in [9.17, 15) is 9.90 Å². The first-order valence-corrected chi connectivity index (χ1v) is 6.73. The SMILES string of the molecule is COC(=O)c1ccc(CN2CC(O)CC2CN(C)C)o1. The zero-order valence-electron chi connectivity index (χ0n) is 12.2. The van der Waals surface area contributed by atoms with Crippen molar-refractivity contribution in [3.8, 4) is 0 Å². The van der Waals surface area contributed by atoms with E-state index in [0.717, 1.165) is 13.0 Å². The van der Waals surface area contributed by atoms with Gasteiger partial charge in [0, 0.05) is 19.1 Å². The molecule has 20 heavy (non-hydrogen) atoms. The molecule has 0 spiro atoms. The number of aliphatic hydroxyl groups excluding tert-OH is 1. The Balaban J connectivity index is 2.00. The number of likely N-dealkylation sites (N-methyl/N-ethyl adjacent to an activating group) is 1. The number of hydrogen-bond acceptors (Lipinski definition) is 6. The number of ether oxygens (including phenoxy) is 1. The molecule has 6 nitrogen and oxygen atoms in total. The molecule has 2 unspecified atom stereocenters. The Morgan fingerprint density at radius 3 is 2.95 bits per heavy atom. The van der Waals surface area contributed by atoms with Gasteiger partial charge in [0.05, 0.1) is 19.8 Å². The first kappa shape index (κ1) is 15.0. The first-order chi connectivity index (χ1) is 9.49. The number of carbonyl (C=O) groups excluding carboxylic acids is 1. The van der Waals surface area contributed by atoms with E-state index in [4.69, 9.17) is 4.42 Å². The van der Waals surface area contributed by atoms with Crippen molar-refractivity contribution in [3.05, 3.63) is 23.7 Å². The number of rotatable bonds is 5. The quantitative estimate of drug-likeness (QED) is 0.796. The van der Waals surface area contributed by atoms with Gasteiger partial charge in [-0.05, 0) is 32.6 Å². The predicted molar refractivity (Wildman–Crippen MR) is 73.4 cm³/mol. The molecule has 1 N–H and O–H groups in total. The van der Waals surface area contributed by atoms with Crippen molar-refractivity contribution in [1.82, 2.24) is 9.80 Å². The van der Waals surface area contributed by atoms with E-state index >= 15 is 0 Å². The maximum Gasteiger partial charge on any atom is 0.373 e. The summed E-state index contributed by atoms with van der Waals surface area (Å²) in [7, 11) is 5.37. The maximum atomic E-state index is 11.3. The van der Waals surface area contributed by atoms with Crippen LogP contribution in [-0.2, 0) is 11.3 Å². The molecule has 0 bridgehead atoms. The van der Waals surface area contributed by atoms with E-state index in [0.29, 0.717) is 24.9 Å². The monoisotopic (exact) mass is 282 g/mol. The number of nitrogens with zero attached hydrogens (tertiary/aromatic N) is 2. The molecule has 6 heteroatoms. The van der Waals surface area contributed by atoms with Gasteiger partial charge in [-0.15, -0.1) is 0 Å². The Morgan fingerprint density at radius 2 is 2.30 bits per heavy atom. The van der Waals surface area contributed by atoms with Crippen molar-refractivity contribution >= 4 is 5.97 Å². The van der Waals surface area contributed by atoms with Gasteiger partial charge in [-0.25, -0.2) is 4.79 Å². The van der Waals surface area contributed by atoms with Crippen LogP contribution in [-0.4, -0.2) is 67.3 Å². The molecule has 2 atom stereocenters. The lowest BCUT2D eigenvalue weighted by molar-refractivity contribution is 0.0560. The number of carbonyl (C=O) groups is 1. The Labute approximate surface area is 118 Å². The molecule has 1 aromatic rings. The zero-order chi connectivity index (χ0) is 14.7. The van der Waals surface area contributed by atoms with Crippen LogP contribution in [0.4, 0.5) is 0 Å². The predicted octanol–water partition coefficient (Wildman–Crippen LogP) is 0.563. The summed E-state index contributed by atoms with van der Waals surface area (Å²) in [4.78, 5) is 15.6. The van der Waals surface area contributed by atoms with Crippen LogP contribution in [0.3, 0.4) is 0 Å². The summed E-state index contributed by atoms with van der Waals surface area (Å²) in [5.74, 6) is 0.456. The molecular formula is C14H22N2O4. The van der Waals surface area contributed by atoms with E-state index in [-0.39, 0.29) is 11.9 Å². The van der Waals surface area contributed by atoms with E-state index in [1.54, 1.807) is 12.1 Å². The number of aliphatic hydroxyl groups is 1. The molecule has 0 aliphatic carbocycles. The average molecular weight is 282 g/mol. The van der Waals surface area contributed by atoms with Crippen molar-refractivity contribution in [1.29, 1.82) is 0 Å². The summed E-state index contributed by atoms with van der Waals surface area (Å²) in [6, 6.07) is 3.70. The number of esters is 1. The normalized spacial score (nSPS) is 23.4. The van der Waals surface area contributed by atoms with Gasteiger partial charge in [0.15, 0.2) is 0 Å². The topological polar surface area (TPSA) is 66.2 Å². The summed E-state index contributed by atoms with van der Waals surface area (Å²) in [5, 5.41) is 9.83. The molecule has 0 aromatic carbocycles. The molecular weight excluding hydrogens is 260 g/mol. The molecule has 1 aliphatic rings. The third-order valence-corrected chi connectivity index (χ3v) is 3.49. The lowest BCUT2D eigenvalue weighted by atomic mass is 10.2. The second kappa shape index (κ2) is 6.39. The number of methoxy groups -OCH3 is 1. The summed E-state index contributed by atoms with van der Waals surface area (Å²) >= 11 is 0. The van der Waals surface area contributed by atoms with Gasteiger partial charge in [-0.2, -0.15) is 0 Å². The summed E-state index contributed by atoms with van der Waals surface area (Å²) in [5.41, 5.74) is 0. The van der Waals surface area contributed by atoms with Crippen molar-refractivity contribution in [2.45, 2.75) is 25.1 Å². The van der Waals surface area contributed by atoms with Crippen LogP contribution in [0.15, 0.2) is 16.5 Å². The largest absolute Gasteiger partial charge is 0.463 e. The van der Waals surface area contributed by atoms with Crippen molar-refractivity contribution in [2.75, 3.05) is 34.3 Å². The highest BCUT2D eigenvalue weighted by atomic mass is 16.5. The standard InChI is InChI=1S/C14H22N2O4/c1-15(2)7-10-6-11(17)8-16(10)9-12-4-5-13(20-12)14(18)19-3/h4-5,10-11,17H,6-9H2,1-3H3. The first-order valence-electron chi connectivity index (χ1n) is 6.73. The Hall–Kier alpha value is -1.37. The van der Waals surface area contributed by atoms with Crippen molar-refractivity contribution in [2.24, 2.45) is 0 Å². The fourth-order valence-electron chi connectivity index (χ4n) is 2.64. The molecule has 1 fully saturated rings. The van der Waals surface area contributed by atoms with Gasteiger partial charge in [-0.1, -0.05) is 0 Å². The summed E-state index contributed by atoms with van der Waals surface area (Å²) in [6.07, 6.45) is 0.470. The van der Waals surface area contributed by atoms with Gasteiger partial charge in [0.1, 0.15) is 5.76 Å². The van der Waals surface area contributed by atoms with Crippen molar-refractivity contribution < 1.29 is 19.1 Å².